The van der Waals surface area contributed by atoms with E-state index in [2.05, 4.69) is 139 Å². The lowest BCUT2D eigenvalue weighted by Crippen LogP contribution is -2.19. The van der Waals surface area contributed by atoms with Crippen molar-refractivity contribution in [2.75, 3.05) is 4.90 Å². The average molecular weight is 820 g/mol. The van der Waals surface area contributed by atoms with E-state index in [4.69, 9.17) is 29.9 Å². The van der Waals surface area contributed by atoms with Crippen molar-refractivity contribution in [3.8, 4) is 68.3 Å². The van der Waals surface area contributed by atoms with Crippen LogP contribution in [0.15, 0.2) is 152 Å². The molecule has 63 heavy (non-hydrogen) atoms. The third-order valence-electron chi connectivity index (χ3n) is 12.5. The number of benzene rings is 7. The zero-order chi connectivity index (χ0) is 43.8. The molecule has 9 rings (SSSR count). The van der Waals surface area contributed by atoms with Gasteiger partial charge in [-0.2, -0.15) is 0 Å². The third-order valence-corrected chi connectivity index (χ3v) is 12.5. The fourth-order valence-corrected chi connectivity index (χ4v) is 8.71. The Kier molecular flexibility index (Phi) is 11.0. The first-order chi connectivity index (χ1) is 30.6. The predicted octanol–water partition coefficient (Wildman–Crippen LogP) is 14.0. The molecular weight excluding hydrogens is 771 g/mol. The van der Waals surface area contributed by atoms with E-state index in [9.17, 15) is 0 Å². The van der Waals surface area contributed by atoms with Crippen molar-refractivity contribution in [3.05, 3.63) is 196 Å². The lowest BCUT2D eigenvalue weighted by Gasteiger charge is -2.35. The van der Waals surface area contributed by atoms with Crippen molar-refractivity contribution in [3.63, 3.8) is 0 Å². The fourth-order valence-electron chi connectivity index (χ4n) is 8.71. The third kappa shape index (κ3) is 7.56. The maximum atomic E-state index is 5.18. The summed E-state index contributed by atoms with van der Waals surface area (Å²) in [5.74, 6) is 3.90. The molecule has 2 aromatic heterocycles. The van der Waals surface area contributed by atoms with Crippen LogP contribution in [0.2, 0.25) is 0 Å². The number of hydrogen-bond donors (Lipinski definition) is 0. The lowest BCUT2D eigenvalue weighted by molar-refractivity contribution is 1.05. The van der Waals surface area contributed by atoms with Crippen LogP contribution >= 0.6 is 0 Å². The summed E-state index contributed by atoms with van der Waals surface area (Å²) in [5, 5.41) is 0. The van der Waals surface area contributed by atoms with Gasteiger partial charge in [0.05, 0.1) is 11.4 Å². The van der Waals surface area contributed by atoms with Crippen molar-refractivity contribution in [1.29, 1.82) is 0 Å². The van der Waals surface area contributed by atoms with E-state index in [1.807, 2.05) is 72.8 Å². The van der Waals surface area contributed by atoms with Crippen LogP contribution in [0.3, 0.4) is 0 Å². The van der Waals surface area contributed by atoms with Crippen molar-refractivity contribution in [2.45, 2.75) is 55.4 Å². The van der Waals surface area contributed by atoms with Gasteiger partial charge in [0.2, 0.25) is 0 Å². The molecule has 2 heterocycles. The molecule has 0 saturated heterocycles. The Morgan fingerprint density at radius 2 is 0.476 bits per heavy atom. The van der Waals surface area contributed by atoms with Crippen LogP contribution in [0.4, 0.5) is 17.1 Å². The Labute approximate surface area is 370 Å². The van der Waals surface area contributed by atoms with Gasteiger partial charge in [0.1, 0.15) is 0 Å². The quantitative estimate of drug-likeness (QED) is 0.143. The molecule has 0 amide bonds. The SMILES string of the molecule is Cc1c(C)c(N(c2ccccc2)c2c(C)c(C)c(-c3nc(-c4ccccc4)nc(-c4ccccc4)n3)c(C)c2C)c(C)c(C)c1-c1nc(-c2ccccc2)nc(-c2ccccc2)n1. The molecule has 0 bridgehead atoms. The Balaban J connectivity index is 1.25. The maximum Gasteiger partial charge on any atom is 0.164 e. The summed E-state index contributed by atoms with van der Waals surface area (Å²) < 4.78 is 0. The molecule has 0 aliphatic heterocycles. The second kappa shape index (κ2) is 17.0. The minimum absolute atomic E-state index is 0.644. The van der Waals surface area contributed by atoms with E-state index < -0.39 is 0 Å². The van der Waals surface area contributed by atoms with Gasteiger partial charge in [-0.25, -0.2) is 29.9 Å². The van der Waals surface area contributed by atoms with E-state index in [1.165, 1.54) is 0 Å². The molecule has 7 nitrogen and oxygen atoms in total. The normalized spacial score (nSPS) is 11.2. The van der Waals surface area contributed by atoms with Crippen LogP contribution in [-0.4, -0.2) is 29.9 Å². The van der Waals surface area contributed by atoms with Gasteiger partial charge in [-0.1, -0.05) is 140 Å². The number of hydrogen-bond acceptors (Lipinski definition) is 7. The molecule has 7 aromatic carbocycles. The van der Waals surface area contributed by atoms with Gasteiger partial charge in [0.15, 0.2) is 34.9 Å². The van der Waals surface area contributed by atoms with Crippen molar-refractivity contribution in [2.24, 2.45) is 0 Å². The van der Waals surface area contributed by atoms with Crippen molar-refractivity contribution in [1.82, 2.24) is 29.9 Å². The van der Waals surface area contributed by atoms with Crippen LogP contribution in [0.1, 0.15) is 44.5 Å². The zero-order valence-electron chi connectivity index (χ0n) is 37.1. The van der Waals surface area contributed by atoms with Crippen molar-refractivity contribution >= 4 is 17.1 Å². The number of rotatable bonds is 9. The van der Waals surface area contributed by atoms with E-state index >= 15 is 0 Å². The van der Waals surface area contributed by atoms with Crippen molar-refractivity contribution < 1.29 is 0 Å². The molecular formula is C56H49N7. The first-order valence-electron chi connectivity index (χ1n) is 21.4. The summed E-state index contributed by atoms with van der Waals surface area (Å²) in [6, 6.07) is 51.3. The standard InChI is InChI=1S/C56H49N7/c1-34-38(5)49(39(6)35(2)47(34)55-59-51(42-24-14-9-15-25-42)57-52(60-55)43-26-16-10-17-27-43)63(46-32-22-13-23-33-46)50-40(7)36(3)48(37(4)41(50)8)56-61-53(44-28-18-11-19-29-44)58-54(62-56)45-30-20-12-21-31-45/h9-33H,1-8H3. The second-order valence-corrected chi connectivity index (χ2v) is 16.2. The Morgan fingerprint density at radius 1 is 0.254 bits per heavy atom. The average Bonchev–Trinajstić information content (AvgIpc) is 3.33. The van der Waals surface area contributed by atoms with Crippen LogP contribution < -0.4 is 4.90 Å². The molecule has 0 fully saturated rings. The topological polar surface area (TPSA) is 80.6 Å². The molecule has 0 spiro atoms. The van der Waals surface area contributed by atoms with Gasteiger partial charge in [-0.15, -0.1) is 0 Å². The summed E-state index contributed by atoms with van der Waals surface area (Å²) in [5.41, 5.74) is 18.2. The van der Waals surface area contributed by atoms with Crippen LogP contribution in [0, 0.1) is 55.4 Å². The smallest absolute Gasteiger partial charge is 0.164 e. The van der Waals surface area contributed by atoms with Crippen LogP contribution in [-0.2, 0) is 0 Å². The summed E-state index contributed by atoms with van der Waals surface area (Å²) in [6.07, 6.45) is 0. The number of para-hydroxylation sites is 1. The monoisotopic (exact) mass is 819 g/mol. The molecule has 0 N–H and O–H groups in total. The molecule has 9 aromatic rings. The molecule has 0 atom stereocenters. The highest BCUT2D eigenvalue weighted by atomic mass is 15.2. The highest BCUT2D eigenvalue weighted by Gasteiger charge is 2.29. The maximum absolute atomic E-state index is 5.18. The first-order valence-corrected chi connectivity index (χ1v) is 21.4. The molecule has 0 unspecified atom stereocenters. The largest absolute Gasteiger partial charge is 0.309 e. The summed E-state index contributed by atoms with van der Waals surface area (Å²) >= 11 is 0. The van der Waals surface area contributed by atoms with E-state index in [1.54, 1.807) is 0 Å². The number of nitrogens with zero attached hydrogens (tertiary/aromatic N) is 7. The van der Waals surface area contributed by atoms with Crippen LogP contribution in [0.5, 0.6) is 0 Å². The Morgan fingerprint density at radius 3 is 0.730 bits per heavy atom. The molecule has 308 valence electrons. The van der Waals surface area contributed by atoms with Gasteiger partial charge >= 0.3 is 0 Å². The van der Waals surface area contributed by atoms with Crippen LogP contribution in [0.25, 0.3) is 68.3 Å². The highest BCUT2D eigenvalue weighted by molar-refractivity contribution is 5.90. The summed E-state index contributed by atoms with van der Waals surface area (Å²) in [6.45, 7) is 17.7. The molecule has 0 aliphatic rings. The van der Waals surface area contributed by atoms with Gasteiger partial charge in [0.25, 0.3) is 0 Å². The highest BCUT2D eigenvalue weighted by Crippen LogP contribution is 2.48. The lowest BCUT2D eigenvalue weighted by atomic mass is 9.87. The Bertz CT molecular complexity index is 2750. The molecule has 0 saturated carbocycles. The number of aromatic nitrogens is 6. The minimum atomic E-state index is 0.644. The second-order valence-electron chi connectivity index (χ2n) is 16.2. The van der Waals surface area contributed by atoms with E-state index in [0.717, 1.165) is 95.0 Å². The van der Waals surface area contributed by atoms with Gasteiger partial charge in [-0.05, 0) is 112 Å². The molecule has 0 radical (unpaired) electrons. The number of anilines is 3. The Hall–Kier alpha value is -7.64. The molecule has 0 aliphatic carbocycles. The van der Waals surface area contributed by atoms with Gasteiger partial charge < -0.3 is 4.90 Å². The first kappa shape index (κ1) is 40.7. The predicted molar refractivity (Wildman–Crippen MR) is 258 cm³/mol. The fraction of sp³-hybridized carbons (Fsp3) is 0.143. The van der Waals surface area contributed by atoms with E-state index in [-0.39, 0.29) is 0 Å². The minimum Gasteiger partial charge on any atom is -0.309 e. The molecule has 7 heteroatoms. The van der Waals surface area contributed by atoms with Gasteiger partial charge in [0, 0.05) is 39.1 Å². The zero-order valence-corrected chi connectivity index (χ0v) is 37.1. The van der Waals surface area contributed by atoms with Gasteiger partial charge in [-0.3, -0.25) is 0 Å². The van der Waals surface area contributed by atoms with E-state index in [0.29, 0.717) is 34.9 Å². The summed E-state index contributed by atoms with van der Waals surface area (Å²) in [7, 11) is 0. The summed E-state index contributed by atoms with van der Waals surface area (Å²) in [4.78, 5) is 33.2.